The van der Waals surface area contributed by atoms with Crippen LogP contribution in [0.2, 0.25) is 0 Å². The van der Waals surface area contributed by atoms with Crippen molar-refractivity contribution in [2.75, 3.05) is 6.54 Å². The number of rotatable bonds is 4. The number of carbonyl (C=O) groups is 1. The van der Waals surface area contributed by atoms with E-state index in [4.69, 9.17) is 0 Å². The van der Waals surface area contributed by atoms with Crippen molar-refractivity contribution in [2.45, 2.75) is 40.2 Å². The summed E-state index contributed by atoms with van der Waals surface area (Å²) in [5, 5.41) is 2.81. The molecule has 1 N–H and O–H groups in total. The van der Waals surface area contributed by atoms with E-state index in [-0.39, 0.29) is 5.91 Å². The smallest absolute Gasteiger partial charge is 0.216 e. The van der Waals surface area contributed by atoms with Crippen LogP contribution in [0.3, 0.4) is 0 Å². The number of aryl methyl sites for hydroxylation is 1. The molecule has 0 aliphatic heterocycles. The molecule has 1 heterocycles. The second-order valence-corrected chi connectivity index (χ2v) is 5.18. The van der Waals surface area contributed by atoms with Crippen LogP contribution >= 0.6 is 0 Å². The summed E-state index contributed by atoms with van der Waals surface area (Å²) in [5.74, 6) is 1.06. The molecule has 19 heavy (non-hydrogen) atoms. The van der Waals surface area contributed by atoms with E-state index in [9.17, 15) is 4.79 Å². The maximum Gasteiger partial charge on any atom is 0.216 e. The average molecular weight is 259 g/mol. The van der Waals surface area contributed by atoms with E-state index in [1.165, 1.54) is 18.0 Å². The lowest BCUT2D eigenvalue weighted by Gasteiger charge is -2.10. The number of nitrogens with one attached hydrogen (secondary N) is 1. The quantitative estimate of drug-likeness (QED) is 0.917. The van der Waals surface area contributed by atoms with Gasteiger partial charge in [0.05, 0.1) is 11.0 Å². The van der Waals surface area contributed by atoms with Crippen LogP contribution in [0.5, 0.6) is 0 Å². The molecular weight excluding hydrogens is 238 g/mol. The Labute approximate surface area is 113 Å². The molecule has 4 nitrogen and oxygen atoms in total. The minimum Gasteiger partial charge on any atom is -0.356 e. The maximum absolute atomic E-state index is 10.8. The Morgan fingerprint density at radius 3 is 2.79 bits per heavy atom. The molecule has 1 aromatic heterocycles. The van der Waals surface area contributed by atoms with Crippen molar-refractivity contribution >= 4 is 16.9 Å². The zero-order chi connectivity index (χ0) is 14.0. The van der Waals surface area contributed by atoms with Gasteiger partial charge in [-0.3, -0.25) is 4.79 Å². The summed E-state index contributed by atoms with van der Waals surface area (Å²) in [6.45, 7) is 8.58. The molecule has 0 saturated carbocycles. The summed E-state index contributed by atoms with van der Waals surface area (Å²) in [5.41, 5.74) is 3.41. The Morgan fingerprint density at radius 1 is 1.42 bits per heavy atom. The van der Waals surface area contributed by atoms with Crippen LogP contribution < -0.4 is 5.32 Å². The van der Waals surface area contributed by atoms with Gasteiger partial charge in [-0.05, 0) is 44.9 Å². The van der Waals surface area contributed by atoms with Gasteiger partial charge in [0, 0.05) is 19.5 Å². The van der Waals surface area contributed by atoms with Crippen LogP contribution in [-0.2, 0) is 11.2 Å². The minimum atomic E-state index is 0.0148. The van der Waals surface area contributed by atoms with Crippen LogP contribution in [0.25, 0.3) is 11.0 Å². The van der Waals surface area contributed by atoms with Gasteiger partial charge >= 0.3 is 0 Å². The monoisotopic (exact) mass is 259 g/mol. The number of aromatic nitrogens is 2. The highest BCUT2D eigenvalue weighted by Gasteiger charge is 2.10. The van der Waals surface area contributed by atoms with E-state index in [0.29, 0.717) is 12.6 Å². The highest BCUT2D eigenvalue weighted by atomic mass is 16.1. The van der Waals surface area contributed by atoms with E-state index in [1.807, 2.05) is 6.92 Å². The van der Waals surface area contributed by atoms with Gasteiger partial charge in [0.25, 0.3) is 0 Å². The van der Waals surface area contributed by atoms with Crippen LogP contribution in [-0.4, -0.2) is 22.0 Å². The molecule has 2 rings (SSSR count). The van der Waals surface area contributed by atoms with Crippen LogP contribution in [0.4, 0.5) is 0 Å². The summed E-state index contributed by atoms with van der Waals surface area (Å²) in [6, 6.07) is 6.77. The normalized spacial score (nSPS) is 11.2. The van der Waals surface area contributed by atoms with Crippen molar-refractivity contribution in [1.29, 1.82) is 0 Å². The number of imidazole rings is 1. The van der Waals surface area contributed by atoms with Crippen molar-refractivity contribution in [2.24, 2.45) is 0 Å². The van der Waals surface area contributed by atoms with E-state index < -0.39 is 0 Å². The molecule has 0 atom stereocenters. The molecule has 0 aliphatic carbocycles. The minimum absolute atomic E-state index is 0.0148. The average Bonchev–Trinajstić information content (AvgIpc) is 2.63. The third-order valence-corrected chi connectivity index (χ3v) is 3.23. The van der Waals surface area contributed by atoms with Gasteiger partial charge in [-0.25, -0.2) is 4.98 Å². The number of hydrogen-bond acceptors (Lipinski definition) is 2. The molecule has 0 radical (unpaired) electrons. The highest BCUT2D eigenvalue weighted by molar-refractivity contribution is 5.77. The molecular formula is C15H21N3O. The third-order valence-electron chi connectivity index (χ3n) is 3.23. The second-order valence-electron chi connectivity index (χ2n) is 5.18. The number of fused-ring (bicyclic) bond motifs is 1. The molecule has 1 aromatic carbocycles. The Hall–Kier alpha value is -1.84. The van der Waals surface area contributed by atoms with Crippen molar-refractivity contribution < 1.29 is 4.79 Å². The molecule has 102 valence electrons. The summed E-state index contributed by atoms with van der Waals surface area (Å²) >= 11 is 0. The summed E-state index contributed by atoms with van der Waals surface area (Å²) in [7, 11) is 0. The first-order valence-electron chi connectivity index (χ1n) is 6.71. The topological polar surface area (TPSA) is 46.9 Å². The molecule has 0 aliphatic rings. The Kier molecular flexibility index (Phi) is 3.88. The first-order valence-corrected chi connectivity index (χ1v) is 6.71. The fourth-order valence-electron chi connectivity index (χ4n) is 2.45. The second kappa shape index (κ2) is 5.43. The Balaban J connectivity index is 2.24. The number of nitrogens with zero attached hydrogens (tertiary/aromatic N) is 2. The molecule has 2 aromatic rings. The van der Waals surface area contributed by atoms with Crippen molar-refractivity contribution in [3.8, 4) is 0 Å². The van der Waals surface area contributed by atoms with Crippen LogP contribution in [0.15, 0.2) is 18.2 Å². The molecule has 0 spiro atoms. The van der Waals surface area contributed by atoms with Gasteiger partial charge in [0.2, 0.25) is 5.91 Å². The van der Waals surface area contributed by atoms with Crippen LogP contribution in [0.1, 0.15) is 38.2 Å². The van der Waals surface area contributed by atoms with Gasteiger partial charge in [0.1, 0.15) is 5.82 Å². The van der Waals surface area contributed by atoms with Crippen molar-refractivity contribution in [3.05, 3.63) is 29.6 Å². The van der Waals surface area contributed by atoms with E-state index in [1.54, 1.807) is 0 Å². The first-order chi connectivity index (χ1) is 8.99. The lowest BCUT2D eigenvalue weighted by molar-refractivity contribution is -0.118. The summed E-state index contributed by atoms with van der Waals surface area (Å²) in [6.07, 6.45) is 0.836. The van der Waals surface area contributed by atoms with E-state index in [2.05, 4.69) is 46.9 Å². The number of benzene rings is 1. The zero-order valence-electron chi connectivity index (χ0n) is 12.0. The van der Waals surface area contributed by atoms with Gasteiger partial charge in [-0.2, -0.15) is 0 Å². The molecule has 4 heteroatoms. The van der Waals surface area contributed by atoms with Gasteiger partial charge in [-0.1, -0.05) is 6.07 Å². The number of amides is 1. The molecule has 1 amide bonds. The van der Waals surface area contributed by atoms with Gasteiger partial charge in [0.15, 0.2) is 0 Å². The van der Waals surface area contributed by atoms with Crippen LogP contribution in [0, 0.1) is 6.92 Å². The largest absolute Gasteiger partial charge is 0.356 e. The highest BCUT2D eigenvalue weighted by Crippen LogP contribution is 2.21. The molecule has 0 bridgehead atoms. The summed E-state index contributed by atoms with van der Waals surface area (Å²) in [4.78, 5) is 15.5. The zero-order valence-corrected chi connectivity index (χ0v) is 12.0. The Bertz CT molecular complexity index is 599. The fraction of sp³-hybridized carbons (Fsp3) is 0.467. The fourth-order valence-corrected chi connectivity index (χ4v) is 2.45. The maximum atomic E-state index is 10.8. The van der Waals surface area contributed by atoms with Crippen molar-refractivity contribution in [1.82, 2.24) is 14.9 Å². The number of hydrogen-bond donors (Lipinski definition) is 1. The van der Waals surface area contributed by atoms with E-state index in [0.717, 1.165) is 17.8 Å². The van der Waals surface area contributed by atoms with Gasteiger partial charge in [-0.15, -0.1) is 0 Å². The molecule has 0 saturated heterocycles. The molecule has 0 fully saturated rings. The lowest BCUT2D eigenvalue weighted by atomic mass is 10.1. The number of carbonyl (C=O) groups excluding carboxylic acids is 1. The molecule has 0 unspecified atom stereocenters. The Morgan fingerprint density at radius 2 is 2.16 bits per heavy atom. The van der Waals surface area contributed by atoms with E-state index >= 15 is 0 Å². The third kappa shape index (κ3) is 2.95. The standard InChI is InChI=1S/C15H21N3O/c1-10(2)18-11(3)17-14-9-13(5-6-15(14)18)7-8-16-12(4)19/h5-6,9-10H,7-8H2,1-4H3,(H,16,19). The van der Waals surface area contributed by atoms with Crippen molar-refractivity contribution in [3.63, 3.8) is 0 Å². The first kappa shape index (κ1) is 13.6. The summed E-state index contributed by atoms with van der Waals surface area (Å²) < 4.78 is 2.24. The lowest BCUT2D eigenvalue weighted by Crippen LogP contribution is -2.22. The SMILES string of the molecule is CC(=O)NCCc1ccc2c(c1)nc(C)n2C(C)C. The predicted octanol–water partition coefficient (Wildman–Crippen LogP) is 2.60. The van der Waals surface area contributed by atoms with Gasteiger partial charge < -0.3 is 9.88 Å². The predicted molar refractivity (Wildman–Crippen MR) is 77.2 cm³/mol.